The van der Waals surface area contributed by atoms with Gasteiger partial charge in [0, 0.05) is 11.3 Å². The Labute approximate surface area is 114 Å². The molecule has 3 nitrogen and oxygen atoms in total. The van der Waals surface area contributed by atoms with E-state index >= 15 is 0 Å². The maximum Gasteiger partial charge on any atom is 0.326 e. The summed E-state index contributed by atoms with van der Waals surface area (Å²) in [5.74, 6) is -0.0243. The molecule has 0 spiro atoms. The zero-order valence-electron chi connectivity index (χ0n) is 11.7. The number of carbonyl (C=O) groups excluding carboxylic acids is 1. The Balaban J connectivity index is 1.99. The van der Waals surface area contributed by atoms with Crippen molar-refractivity contribution in [2.45, 2.75) is 75.0 Å². The van der Waals surface area contributed by atoms with Gasteiger partial charge >= 0.3 is 5.97 Å². The summed E-state index contributed by atoms with van der Waals surface area (Å²) in [6.07, 6.45) is 5.42. The summed E-state index contributed by atoms with van der Waals surface area (Å²) in [4.78, 5) is 12.3. The first-order valence-corrected chi connectivity index (χ1v) is 8.10. The van der Waals surface area contributed by atoms with Gasteiger partial charge < -0.3 is 4.74 Å². The summed E-state index contributed by atoms with van der Waals surface area (Å²) in [6, 6.07) is 0.553. The fourth-order valence-electron chi connectivity index (χ4n) is 2.76. The Morgan fingerprint density at radius 2 is 2.17 bits per heavy atom. The van der Waals surface area contributed by atoms with Crippen LogP contribution in [-0.4, -0.2) is 34.7 Å². The fraction of sp³-hybridized carbons (Fsp3) is 0.929. The van der Waals surface area contributed by atoms with Crippen LogP contribution < -0.4 is 5.32 Å². The van der Waals surface area contributed by atoms with E-state index < -0.39 is 0 Å². The fourth-order valence-corrected chi connectivity index (χ4v) is 4.17. The van der Waals surface area contributed by atoms with Gasteiger partial charge in [0.15, 0.2) is 0 Å². The van der Waals surface area contributed by atoms with Gasteiger partial charge in [0.1, 0.15) is 5.54 Å². The summed E-state index contributed by atoms with van der Waals surface area (Å²) < 4.78 is 5.30. The van der Waals surface area contributed by atoms with Gasteiger partial charge in [-0.15, -0.1) is 0 Å². The standard InChI is InChI=1S/C14H25NO2S/c1-4-17-13(16)14(15-11-5-6-11)8-7-12(9-14)18-10(2)3/h10-12,15H,4-9H2,1-3H3. The van der Waals surface area contributed by atoms with Gasteiger partial charge in [0.2, 0.25) is 0 Å². The second-order valence-corrected chi connectivity index (χ2v) is 7.65. The van der Waals surface area contributed by atoms with Crippen molar-refractivity contribution in [1.29, 1.82) is 0 Å². The number of hydrogen-bond donors (Lipinski definition) is 1. The average Bonchev–Trinajstić information content (AvgIpc) is 3.00. The number of rotatable bonds is 6. The molecule has 0 radical (unpaired) electrons. The molecule has 2 atom stereocenters. The van der Waals surface area contributed by atoms with Crippen molar-refractivity contribution in [3.05, 3.63) is 0 Å². The molecule has 0 aromatic heterocycles. The first-order chi connectivity index (χ1) is 8.55. The van der Waals surface area contributed by atoms with Crippen LogP contribution >= 0.6 is 11.8 Å². The van der Waals surface area contributed by atoms with E-state index in [0.29, 0.717) is 23.1 Å². The Kier molecular flexibility index (Phi) is 4.59. The third-order valence-electron chi connectivity index (χ3n) is 3.66. The van der Waals surface area contributed by atoms with Crippen molar-refractivity contribution in [2.75, 3.05) is 6.61 Å². The van der Waals surface area contributed by atoms with Crippen LogP contribution in [0.5, 0.6) is 0 Å². The Bertz CT molecular complexity index is 304. The highest BCUT2D eigenvalue weighted by molar-refractivity contribution is 8.00. The first kappa shape index (κ1) is 14.2. The molecule has 2 unspecified atom stereocenters. The summed E-state index contributed by atoms with van der Waals surface area (Å²) in [5, 5.41) is 4.80. The molecular weight excluding hydrogens is 246 g/mol. The van der Waals surface area contributed by atoms with Gasteiger partial charge in [-0.05, 0) is 44.3 Å². The Morgan fingerprint density at radius 3 is 2.72 bits per heavy atom. The highest BCUT2D eigenvalue weighted by Gasteiger charge is 2.49. The minimum absolute atomic E-state index is 0.0243. The predicted molar refractivity (Wildman–Crippen MR) is 75.9 cm³/mol. The molecule has 2 aliphatic rings. The van der Waals surface area contributed by atoms with Crippen LogP contribution in [0.2, 0.25) is 0 Å². The number of esters is 1. The molecule has 2 fully saturated rings. The van der Waals surface area contributed by atoms with Gasteiger partial charge in [0.05, 0.1) is 6.61 Å². The van der Waals surface area contributed by atoms with E-state index in [9.17, 15) is 4.79 Å². The van der Waals surface area contributed by atoms with Gasteiger partial charge in [-0.1, -0.05) is 13.8 Å². The van der Waals surface area contributed by atoms with Crippen molar-refractivity contribution in [3.63, 3.8) is 0 Å². The number of ether oxygens (including phenoxy) is 1. The maximum absolute atomic E-state index is 12.3. The quantitative estimate of drug-likeness (QED) is 0.754. The monoisotopic (exact) mass is 271 g/mol. The molecule has 0 aromatic rings. The summed E-state index contributed by atoms with van der Waals surface area (Å²) in [7, 11) is 0. The van der Waals surface area contributed by atoms with Crippen LogP contribution in [-0.2, 0) is 9.53 Å². The van der Waals surface area contributed by atoms with E-state index in [-0.39, 0.29) is 11.5 Å². The molecule has 0 amide bonds. The smallest absolute Gasteiger partial charge is 0.326 e. The number of nitrogens with one attached hydrogen (secondary N) is 1. The second kappa shape index (κ2) is 5.83. The maximum atomic E-state index is 12.3. The molecular formula is C14H25NO2S. The summed E-state index contributed by atoms with van der Waals surface area (Å²) >= 11 is 2.00. The zero-order chi connectivity index (χ0) is 13.2. The van der Waals surface area contributed by atoms with Crippen molar-refractivity contribution >= 4 is 17.7 Å². The van der Waals surface area contributed by atoms with Crippen LogP contribution in [0.15, 0.2) is 0 Å². The lowest BCUT2D eigenvalue weighted by Gasteiger charge is -2.28. The minimum atomic E-state index is -0.385. The van der Waals surface area contributed by atoms with Crippen LogP contribution in [0.3, 0.4) is 0 Å². The molecule has 0 bridgehead atoms. The average molecular weight is 271 g/mol. The second-order valence-electron chi connectivity index (χ2n) is 5.77. The third-order valence-corrected chi connectivity index (χ3v) is 4.99. The molecule has 0 aliphatic heterocycles. The number of thioether (sulfide) groups is 1. The lowest BCUT2D eigenvalue weighted by molar-refractivity contribution is -0.151. The van der Waals surface area contributed by atoms with E-state index in [4.69, 9.17) is 4.74 Å². The van der Waals surface area contributed by atoms with Crippen LogP contribution in [0.1, 0.15) is 52.9 Å². The zero-order valence-corrected chi connectivity index (χ0v) is 12.5. The normalized spacial score (nSPS) is 31.9. The molecule has 0 saturated heterocycles. The van der Waals surface area contributed by atoms with Gasteiger partial charge in [-0.25, -0.2) is 0 Å². The summed E-state index contributed by atoms with van der Waals surface area (Å²) in [6.45, 7) is 6.82. The number of hydrogen-bond acceptors (Lipinski definition) is 4. The predicted octanol–water partition coefficient (Wildman–Crippen LogP) is 2.73. The van der Waals surface area contributed by atoms with Crippen LogP contribution in [0.4, 0.5) is 0 Å². The first-order valence-electron chi connectivity index (χ1n) is 7.16. The van der Waals surface area contributed by atoms with Gasteiger partial charge in [-0.3, -0.25) is 10.1 Å². The van der Waals surface area contributed by atoms with Gasteiger partial charge in [0.25, 0.3) is 0 Å². The molecule has 2 aliphatic carbocycles. The largest absolute Gasteiger partial charge is 0.465 e. The Morgan fingerprint density at radius 1 is 1.44 bits per heavy atom. The minimum Gasteiger partial charge on any atom is -0.465 e. The lowest BCUT2D eigenvalue weighted by atomic mass is 9.97. The molecule has 2 rings (SSSR count). The molecule has 4 heteroatoms. The van der Waals surface area contributed by atoms with Crippen molar-refractivity contribution in [2.24, 2.45) is 0 Å². The molecule has 104 valence electrons. The molecule has 0 heterocycles. The Hall–Kier alpha value is -0.220. The van der Waals surface area contributed by atoms with Crippen LogP contribution in [0.25, 0.3) is 0 Å². The SMILES string of the molecule is CCOC(=O)C1(NC2CC2)CCC(SC(C)C)C1. The topological polar surface area (TPSA) is 38.3 Å². The highest BCUT2D eigenvalue weighted by Crippen LogP contribution is 2.41. The van der Waals surface area contributed by atoms with E-state index in [1.165, 1.54) is 12.8 Å². The van der Waals surface area contributed by atoms with Crippen molar-refractivity contribution in [3.8, 4) is 0 Å². The van der Waals surface area contributed by atoms with Crippen molar-refractivity contribution in [1.82, 2.24) is 5.32 Å². The summed E-state index contributed by atoms with van der Waals surface area (Å²) in [5.41, 5.74) is -0.385. The van der Waals surface area contributed by atoms with E-state index in [1.807, 2.05) is 18.7 Å². The van der Waals surface area contributed by atoms with Gasteiger partial charge in [-0.2, -0.15) is 11.8 Å². The van der Waals surface area contributed by atoms with E-state index in [1.54, 1.807) is 0 Å². The number of carbonyl (C=O) groups is 1. The molecule has 2 saturated carbocycles. The van der Waals surface area contributed by atoms with Crippen molar-refractivity contribution < 1.29 is 9.53 Å². The highest BCUT2D eigenvalue weighted by atomic mass is 32.2. The van der Waals surface area contributed by atoms with E-state index in [2.05, 4.69) is 19.2 Å². The lowest BCUT2D eigenvalue weighted by Crippen LogP contribution is -2.52. The van der Waals surface area contributed by atoms with E-state index in [0.717, 1.165) is 19.3 Å². The molecule has 0 aromatic carbocycles. The third kappa shape index (κ3) is 3.41. The van der Waals surface area contributed by atoms with Crippen LogP contribution in [0, 0.1) is 0 Å². The molecule has 1 N–H and O–H groups in total. The molecule has 18 heavy (non-hydrogen) atoms.